The van der Waals surface area contributed by atoms with Crippen molar-refractivity contribution < 1.29 is 9.84 Å². The first-order chi connectivity index (χ1) is 10.5. The fourth-order valence-electron chi connectivity index (χ4n) is 7.57. The van der Waals surface area contributed by atoms with Crippen LogP contribution in [-0.4, -0.2) is 24.4 Å². The summed E-state index contributed by atoms with van der Waals surface area (Å²) in [4.78, 5) is 0. The van der Waals surface area contributed by atoms with Crippen LogP contribution >= 0.6 is 0 Å². The van der Waals surface area contributed by atoms with Gasteiger partial charge in [-0.15, -0.1) is 0 Å². The zero-order valence-electron chi connectivity index (χ0n) is 14.7. The molecule has 0 bridgehead atoms. The summed E-state index contributed by atoms with van der Waals surface area (Å²) in [6, 6.07) is 0. The number of aliphatic hydroxyl groups excluding tert-OH is 1. The quantitative estimate of drug-likeness (QED) is 0.778. The standard InChI is InChI=1S/C20H34O2/c1-19-10-8-14(21)12-13(19)4-5-15-16-6-7-18(22-3)20(16,2)11-9-17(15)19/h13-18,21H,4-12H2,1-3H3/t13-,14?,15+,16+,17+,18+,19+,20+/m1/s1. The maximum atomic E-state index is 10.1. The molecule has 0 aromatic heterocycles. The van der Waals surface area contributed by atoms with Gasteiger partial charge in [-0.25, -0.2) is 0 Å². The lowest BCUT2D eigenvalue weighted by Crippen LogP contribution is -2.54. The van der Waals surface area contributed by atoms with Crippen molar-refractivity contribution in [2.24, 2.45) is 34.5 Å². The summed E-state index contributed by atoms with van der Waals surface area (Å²) < 4.78 is 5.88. The second kappa shape index (κ2) is 5.21. The Bertz CT molecular complexity index is 435. The predicted octanol–water partition coefficient (Wildman–Crippen LogP) is 4.41. The summed E-state index contributed by atoms with van der Waals surface area (Å²) in [5, 5.41) is 10.1. The van der Waals surface area contributed by atoms with Crippen molar-refractivity contribution in [1.29, 1.82) is 0 Å². The molecule has 0 aromatic rings. The van der Waals surface area contributed by atoms with Gasteiger partial charge in [0.25, 0.3) is 0 Å². The van der Waals surface area contributed by atoms with Crippen LogP contribution < -0.4 is 0 Å². The van der Waals surface area contributed by atoms with Crippen LogP contribution in [0.2, 0.25) is 0 Å². The molecule has 2 heteroatoms. The Kier molecular flexibility index (Phi) is 3.66. The van der Waals surface area contributed by atoms with E-state index in [1.165, 1.54) is 44.9 Å². The summed E-state index contributed by atoms with van der Waals surface area (Å²) >= 11 is 0. The van der Waals surface area contributed by atoms with E-state index >= 15 is 0 Å². The fraction of sp³-hybridized carbons (Fsp3) is 1.00. The lowest BCUT2D eigenvalue weighted by Gasteiger charge is -2.60. The number of rotatable bonds is 1. The summed E-state index contributed by atoms with van der Waals surface area (Å²) in [7, 11) is 1.92. The monoisotopic (exact) mass is 306 g/mol. The number of hydrogen-bond acceptors (Lipinski definition) is 2. The molecule has 22 heavy (non-hydrogen) atoms. The molecule has 8 atom stereocenters. The Balaban J connectivity index is 1.61. The minimum atomic E-state index is -0.0205. The number of methoxy groups -OCH3 is 1. The smallest absolute Gasteiger partial charge is 0.0627 e. The Morgan fingerprint density at radius 2 is 1.59 bits per heavy atom. The first-order valence-electron chi connectivity index (χ1n) is 9.70. The molecular weight excluding hydrogens is 272 g/mol. The van der Waals surface area contributed by atoms with Gasteiger partial charge in [-0.05, 0) is 92.3 Å². The molecule has 0 heterocycles. The third-order valence-corrected chi connectivity index (χ3v) is 8.84. The molecule has 1 N–H and O–H groups in total. The van der Waals surface area contributed by atoms with Gasteiger partial charge >= 0.3 is 0 Å². The Morgan fingerprint density at radius 3 is 2.36 bits per heavy atom. The largest absolute Gasteiger partial charge is 0.393 e. The lowest BCUT2D eigenvalue weighted by atomic mass is 9.45. The lowest BCUT2D eigenvalue weighted by molar-refractivity contribution is -0.137. The molecule has 0 amide bonds. The van der Waals surface area contributed by atoms with Crippen molar-refractivity contribution >= 4 is 0 Å². The highest BCUT2D eigenvalue weighted by Gasteiger charge is 2.60. The van der Waals surface area contributed by atoms with E-state index in [4.69, 9.17) is 4.74 Å². The van der Waals surface area contributed by atoms with E-state index < -0.39 is 0 Å². The molecule has 4 aliphatic carbocycles. The van der Waals surface area contributed by atoms with Crippen molar-refractivity contribution in [3.05, 3.63) is 0 Å². The predicted molar refractivity (Wildman–Crippen MR) is 88.5 cm³/mol. The third-order valence-electron chi connectivity index (χ3n) is 8.84. The zero-order valence-corrected chi connectivity index (χ0v) is 14.7. The average Bonchev–Trinajstić information content (AvgIpc) is 2.84. The van der Waals surface area contributed by atoms with E-state index in [2.05, 4.69) is 13.8 Å². The van der Waals surface area contributed by atoms with E-state index in [1.807, 2.05) is 7.11 Å². The summed E-state index contributed by atoms with van der Waals surface area (Å²) in [5.41, 5.74) is 0.946. The molecule has 4 fully saturated rings. The van der Waals surface area contributed by atoms with Crippen LogP contribution in [0, 0.1) is 34.5 Å². The third kappa shape index (κ3) is 1.99. The molecule has 0 aliphatic heterocycles. The molecule has 0 aromatic carbocycles. The van der Waals surface area contributed by atoms with E-state index in [9.17, 15) is 5.11 Å². The van der Waals surface area contributed by atoms with Crippen LogP contribution in [0.15, 0.2) is 0 Å². The van der Waals surface area contributed by atoms with Gasteiger partial charge in [0.15, 0.2) is 0 Å². The van der Waals surface area contributed by atoms with Gasteiger partial charge < -0.3 is 9.84 Å². The Hall–Kier alpha value is -0.0800. The topological polar surface area (TPSA) is 29.5 Å². The molecule has 0 saturated heterocycles. The van der Waals surface area contributed by atoms with Gasteiger partial charge in [0, 0.05) is 7.11 Å². The molecule has 0 radical (unpaired) electrons. The van der Waals surface area contributed by atoms with Crippen molar-refractivity contribution in [3.8, 4) is 0 Å². The van der Waals surface area contributed by atoms with E-state index in [0.717, 1.165) is 36.5 Å². The first-order valence-corrected chi connectivity index (χ1v) is 9.70. The van der Waals surface area contributed by atoms with Crippen LogP contribution in [0.5, 0.6) is 0 Å². The van der Waals surface area contributed by atoms with Gasteiger partial charge in [0.1, 0.15) is 0 Å². The minimum absolute atomic E-state index is 0.0205. The maximum absolute atomic E-state index is 10.1. The molecule has 1 unspecified atom stereocenters. The number of fused-ring (bicyclic) bond motifs is 5. The summed E-state index contributed by atoms with van der Waals surface area (Å²) in [6.07, 6.45) is 12.1. The van der Waals surface area contributed by atoms with Crippen LogP contribution in [0.4, 0.5) is 0 Å². The fourth-order valence-corrected chi connectivity index (χ4v) is 7.57. The van der Waals surface area contributed by atoms with E-state index in [1.54, 1.807) is 0 Å². The van der Waals surface area contributed by atoms with Gasteiger partial charge in [0.2, 0.25) is 0 Å². The van der Waals surface area contributed by atoms with Crippen molar-refractivity contribution in [2.45, 2.75) is 83.8 Å². The maximum Gasteiger partial charge on any atom is 0.0627 e. The average molecular weight is 306 g/mol. The second-order valence-electron chi connectivity index (χ2n) is 9.43. The minimum Gasteiger partial charge on any atom is -0.393 e. The molecule has 4 aliphatic rings. The zero-order chi connectivity index (χ0) is 15.5. The molecule has 4 saturated carbocycles. The van der Waals surface area contributed by atoms with Crippen LogP contribution in [-0.2, 0) is 4.74 Å². The normalized spacial score (nSPS) is 57.8. The molecule has 126 valence electrons. The van der Waals surface area contributed by atoms with Crippen LogP contribution in [0.25, 0.3) is 0 Å². The van der Waals surface area contributed by atoms with Crippen molar-refractivity contribution in [1.82, 2.24) is 0 Å². The van der Waals surface area contributed by atoms with Gasteiger partial charge in [-0.1, -0.05) is 13.8 Å². The SMILES string of the molecule is CO[C@H]1CC[C@H]2[C@@H]3CC[C@@H]4CC(O)CC[C@]4(C)[C@H]3CC[C@]12C. The Morgan fingerprint density at radius 1 is 0.864 bits per heavy atom. The van der Waals surface area contributed by atoms with Crippen LogP contribution in [0.1, 0.15) is 71.6 Å². The molecule has 4 rings (SSSR count). The van der Waals surface area contributed by atoms with Crippen molar-refractivity contribution in [3.63, 3.8) is 0 Å². The molecule has 0 spiro atoms. The Labute approximate surface area is 136 Å². The highest BCUT2D eigenvalue weighted by Crippen LogP contribution is 2.66. The van der Waals surface area contributed by atoms with Gasteiger partial charge in [0.05, 0.1) is 12.2 Å². The van der Waals surface area contributed by atoms with Crippen LogP contribution in [0.3, 0.4) is 0 Å². The second-order valence-corrected chi connectivity index (χ2v) is 9.43. The van der Waals surface area contributed by atoms with Crippen molar-refractivity contribution in [2.75, 3.05) is 7.11 Å². The number of ether oxygens (including phenoxy) is 1. The van der Waals surface area contributed by atoms with E-state index in [0.29, 0.717) is 16.9 Å². The molecular formula is C20H34O2. The highest BCUT2D eigenvalue weighted by molar-refractivity contribution is 5.09. The van der Waals surface area contributed by atoms with E-state index in [-0.39, 0.29) is 6.10 Å². The number of hydrogen-bond donors (Lipinski definition) is 1. The summed E-state index contributed by atoms with van der Waals surface area (Å²) in [6.45, 7) is 5.10. The van der Waals surface area contributed by atoms with Gasteiger partial charge in [-0.3, -0.25) is 0 Å². The van der Waals surface area contributed by atoms with Gasteiger partial charge in [-0.2, -0.15) is 0 Å². The summed E-state index contributed by atoms with van der Waals surface area (Å²) in [5.74, 6) is 3.50. The first kappa shape index (κ1) is 15.4. The highest BCUT2D eigenvalue weighted by atomic mass is 16.5. The molecule has 2 nitrogen and oxygen atoms in total. The number of aliphatic hydroxyl groups is 1.